The molecular formula is C11H16N4O4. The molecule has 19 heavy (non-hydrogen) atoms. The van der Waals surface area contributed by atoms with Gasteiger partial charge in [0.15, 0.2) is 5.82 Å². The highest BCUT2D eigenvalue weighted by molar-refractivity contribution is 5.86. The maximum Gasteiger partial charge on any atom is 0.329 e. The van der Waals surface area contributed by atoms with Gasteiger partial charge in [-0.05, 0) is 26.7 Å². The van der Waals surface area contributed by atoms with Gasteiger partial charge in [0.25, 0.3) is 0 Å². The van der Waals surface area contributed by atoms with Gasteiger partial charge >= 0.3 is 12.0 Å². The summed E-state index contributed by atoms with van der Waals surface area (Å²) in [5.74, 6) is -0.211. The number of carboxylic acids is 1. The number of nitrogens with one attached hydrogen (secondary N) is 1. The fraction of sp³-hybridized carbons (Fsp3) is 0.636. The Kier molecular flexibility index (Phi) is 3.41. The van der Waals surface area contributed by atoms with Crippen molar-refractivity contribution < 1.29 is 19.2 Å². The van der Waals surface area contributed by atoms with Crippen molar-refractivity contribution in [1.29, 1.82) is 0 Å². The highest BCUT2D eigenvalue weighted by Gasteiger charge is 2.45. The third-order valence-electron chi connectivity index (χ3n) is 3.31. The molecule has 104 valence electrons. The van der Waals surface area contributed by atoms with E-state index in [1.165, 1.54) is 4.90 Å². The number of aromatic nitrogens is 2. The number of aryl methyl sites for hydroxylation is 1. The zero-order valence-electron chi connectivity index (χ0n) is 10.8. The molecule has 1 aromatic heterocycles. The summed E-state index contributed by atoms with van der Waals surface area (Å²) in [6.45, 7) is 3.75. The number of likely N-dealkylation sites (tertiary alicyclic amines) is 1. The molecule has 1 saturated heterocycles. The lowest BCUT2D eigenvalue weighted by Crippen LogP contribution is -2.53. The van der Waals surface area contributed by atoms with E-state index in [9.17, 15) is 14.7 Å². The minimum Gasteiger partial charge on any atom is -0.480 e. The van der Waals surface area contributed by atoms with Gasteiger partial charge in [-0.15, -0.1) is 0 Å². The van der Waals surface area contributed by atoms with Crippen molar-refractivity contribution in [3.63, 3.8) is 0 Å². The van der Waals surface area contributed by atoms with Crippen LogP contribution in [-0.4, -0.2) is 44.2 Å². The molecule has 1 aliphatic heterocycles. The number of carboxylic acid groups (broad SMARTS) is 1. The first-order valence-electron chi connectivity index (χ1n) is 6.01. The highest BCUT2D eigenvalue weighted by atomic mass is 16.5. The number of rotatable bonds is 3. The van der Waals surface area contributed by atoms with Crippen molar-refractivity contribution in [1.82, 2.24) is 20.4 Å². The number of amides is 2. The van der Waals surface area contributed by atoms with Gasteiger partial charge in [0.2, 0.25) is 5.89 Å². The van der Waals surface area contributed by atoms with Crippen molar-refractivity contribution in [2.45, 2.75) is 38.8 Å². The predicted molar refractivity (Wildman–Crippen MR) is 63.3 cm³/mol. The summed E-state index contributed by atoms with van der Waals surface area (Å²) in [5, 5.41) is 15.4. The van der Waals surface area contributed by atoms with Crippen molar-refractivity contribution in [2.24, 2.45) is 0 Å². The fourth-order valence-corrected chi connectivity index (χ4v) is 2.17. The average molecular weight is 268 g/mol. The molecule has 8 heteroatoms. The Morgan fingerprint density at radius 3 is 2.89 bits per heavy atom. The van der Waals surface area contributed by atoms with Crippen LogP contribution in [0.25, 0.3) is 0 Å². The molecule has 2 N–H and O–H groups in total. The molecular weight excluding hydrogens is 252 g/mol. The second kappa shape index (κ2) is 4.87. The number of hydrogen-bond acceptors (Lipinski definition) is 5. The summed E-state index contributed by atoms with van der Waals surface area (Å²) in [5.41, 5.74) is -1.14. The third kappa shape index (κ3) is 2.51. The van der Waals surface area contributed by atoms with Gasteiger partial charge in [-0.2, -0.15) is 4.98 Å². The molecule has 0 spiro atoms. The van der Waals surface area contributed by atoms with Crippen molar-refractivity contribution >= 4 is 12.0 Å². The van der Waals surface area contributed by atoms with E-state index in [2.05, 4.69) is 15.5 Å². The number of nitrogens with zero attached hydrogens (tertiary/aromatic N) is 3. The first-order valence-corrected chi connectivity index (χ1v) is 6.01. The monoisotopic (exact) mass is 268 g/mol. The Morgan fingerprint density at radius 2 is 2.32 bits per heavy atom. The second-order valence-electron chi connectivity index (χ2n) is 4.73. The van der Waals surface area contributed by atoms with E-state index in [0.717, 1.165) is 0 Å². The molecule has 0 aromatic carbocycles. The minimum atomic E-state index is -1.14. The molecule has 0 radical (unpaired) electrons. The average Bonchev–Trinajstić information content (AvgIpc) is 2.93. The van der Waals surface area contributed by atoms with Crippen LogP contribution >= 0.6 is 0 Å². The van der Waals surface area contributed by atoms with Crippen molar-refractivity contribution in [3.05, 3.63) is 11.7 Å². The summed E-state index contributed by atoms with van der Waals surface area (Å²) < 4.78 is 4.87. The molecule has 2 amide bonds. The lowest BCUT2D eigenvalue weighted by atomic mass is 10.00. The van der Waals surface area contributed by atoms with E-state index in [0.29, 0.717) is 31.1 Å². The number of urea groups is 1. The van der Waals surface area contributed by atoms with Crippen LogP contribution in [-0.2, 0) is 11.3 Å². The maximum atomic E-state index is 12.0. The summed E-state index contributed by atoms with van der Waals surface area (Å²) in [6, 6.07) is -0.432. The topological polar surface area (TPSA) is 109 Å². The van der Waals surface area contributed by atoms with Gasteiger partial charge in [-0.1, -0.05) is 5.16 Å². The first kappa shape index (κ1) is 13.3. The van der Waals surface area contributed by atoms with E-state index in [1.54, 1.807) is 13.8 Å². The van der Waals surface area contributed by atoms with Crippen LogP contribution in [0.2, 0.25) is 0 Å². The summed E-state index contributed by atoms with van der Waals surface area (Å²) >= 11 is 0. The van der Waals surface area contributed by atoms with E-state index in [-0.39, 0.29) is 6.54 Å². The number of carbonyl (C=O) groups excluding carboxylic acids is 1. The lowest BCUT2D eigenvalue weighted by molar-refractivity contribution is -0.147. The molecule has 1 aliphatic rings. The Labute approximate surface area is 109 Å². The Morgan fingerprint density at radius 1 is 1.58 bits per heavy atom. The summed E-state index contributed by atoms with van der Waals surface area (Å²) in [6.07, 6.45) is 1.13. The van der Waals surface area contributed by atoms with Gasteiger partial charge in [-0.25, -0.2) is 9.59 Å². The van der Waals surface area contributed by atoms with Crippen molar-refractivity contribution in [2.75, 3.05) is 6.54 Å². The smallest absolute Gasteiger partial charge is 0.329 e. The number of aliphatic carboxylic acids is 1. The quantitative estimate of drug-likeness (QED) is 0.827. The van der Waals surface area contributed by atoms with Crippen LogP contribution in [0.5, 0.6) is 0 Å². The zero-order valence-corrected chi connectivity index (χ0v) is 10.8. The Hall–Kier alpha value is -2.12. The highest BCUT2D eigenvalue weighted by Crippen LogP contribution is 2.29. The molecule has 1 unspecified atom stereocenters. The molecule has 0 saturated carbocycles. The lowest BCUT2D eigenvalue weighted by Gasteiger charge is -2.30. The fourth-order valence-electron chi connectivity index (χ4n) is 2.17. The SMILES string of the molecule is Cc1noc(CNC(=O)N2CCCC2(C)C(=O)O)n1. The van der Waals surface area contributed by atoms with Gasteiger partial charge in [0, 0.05) is 6.54 Å². The van der Waals surface area contributed by atoms with Crippen LogP contribution in [0.3, 0.4) is 0 Å². The van der Waals surface area contributed by atoms with Crippen LogP contribution < -0.4 is 5.32 Å². The van der Waals surface area contributed by atoms with Gasteiger partial charge in [0.05, 0.1) is 6.54 Å². The van der Waals surface area contributed by atoms with Crippen LogP contribution in [0.15, 0.2) is 4.52 Å². The molecule has 2 rings (SSSR count). The molecule has 1 atom stereocenters. The molecule has 1 aromatic rings. The van der Waals surface area contributed by atoms with Crippen LogP contribution in [0, 0.1) is 6.92 Å². The van der Waals surface area contributed by atoms with E-state index >= 15 is 0 Å². The van der Waals surface area contributed by atoms with Gasteiger partial charge in [-0.3, -0.25) is 0 Å². The van der Waals surface area contributed by atoms with Crippen molar-refractivity contribution in [3.8, 4) is 0 Å². The Bertz CT molecular complexity index is 501. The predicted octanol–water partition coefficient (Wildman–Crippen LogP) is 0.527. The van der Waals surface area contributed by atoms with Gasteiger partial charge < -0.3 is 19.8 Å². The molecule has 8 nitrogen and oxygen atoms in total. The maximum absolute atomic E-state index is 12.0. The van der Waals surface area contributed by atoms with Gasteiger partial charge in [0.1, 0.15) is 5.54 Å². The second-order valence-corrected chi connectivity index (χ2v) is 4.73. The van der Waals surface area contributed by atoms with E-state index in [1.807, 2.05) is 0 Å². The third-order valence-corrected chi connectivity index (χ3v) is 3.31. The normalized spacial score (nSPS) is 22.5. The molecule has 0 bridgehead atoms. The Balaban J connectivity index is 1.98. The van der Waals surface area contributed by atoms with E-state index in [4.69, 9.17) is 4.52 Å². The van der Waals surface area contributed by atoms with Crippen LogP contribution in [0.1, 0.15) is 31.5 Å². The van der Waals surface area contributed by atoms with Crippen LogP contribution in [0.4, 0.5) is 4.79 Å². The standard InChI is InChI=1S/C11H16N4O4/c1-7-13-8(19-14-7)6-12-10(18)15-5-3-4-11(15,2)9(16)17/h3-6H2,1-2H3,(H,12,18)(H,16,17). The van der Waals surface area contributed by atoms with E-state index < -0.39 is 17.5 Å². The molecule has 2 heterocycles. The summed E-state index contributed by atoms with van der Waals surface area (Å²) in [4.78, 5) is 28.5. The number of hydrogen-bond donors (Lipinski definition) is 2. The zero-order chi connectivity index (χ0) is 14.0. The number of carbonyl (C=O) groups is 2. The largest absolute Gasteiger partial charge is 0.480 e. The minimum absolute atomic E-state index is 0.0892. The molecule has 0 aliphatic carbocycles. The first-order chi connectivity index (χ1) is 8.93. The summed E-state index contributed by atoms with van der Waals surface area (Å²) in [7, 11) is 0. The molecule has 1 fully saturated rings.